The molecule has 2 aromatic rings. The van der Waals surface area contributed by atoms with Gasteiger partial charge in [0, 0.05) is 19.2 Å². The van der Waals surface area contributed by atoms with Gasteiger partial charge in [-0.05, 0) is 30.1 Å². The summed E-state index contributed by atoms with van der Waals surface area (Å²) in [6.45, 7) is 2.31. The van der Waals surface area contributed by atoms with Gasteiger partial charge < -0.3 is 10.6 Å². The number of pyridine rings is 1. The van der Waals surface area contributed by atoms with Gasteiger partial charge in [-0.1, -0.05) is 17.7 Å². The Morgan fingerprint density at radius 3 is 3.00 bits per heavy atom. The monoisotopic (exact) mass is 321 g/mol. The van der Waals surface area contributed by atoms with Gasteiger partial charge in [0.15, 0.2) is 5.15 Å². The van der Waals surface area contributed by atoms with Crippen LogP contribution in [-0.2, 0) is 4.79 Å². The Bertz CT molecular complexity index is 677. The van der Waals surface area contributed by atoms with E-state index in [9.17, 15) is 4.79 Å². The van der Waals surface area contributed by atoms with Crippen molar-refractivity contribution in [2.24, 2.45) is 0 Å². The summed E-state index contributed by atoms with van der Waals surface area (Å²) < 4.78 is 3.87. The van der Waals surface area contributed by atoms with Crippen LogP contribution in [0.3, 0.4) is 0 Å². The van der Waals surface area contributed by atoms with E-state index in [1.165, 1.54) is 0 Å². The zero-order valence-corrected chi connectivity index (χ0v) is 12.8. The summed E-state index contributed by atoms with van der Waals surface area (Å²) in [6.07, 6.45) is 1.93. The molecule has 6 nitrogen and oxygen atoms in total. The van der Waals surface area contributed by atoms with Crippen molar-refractivity contribution in [3.05, 3.63) is 34.6 Å². The minimum Gasteiger partial charge on any atom is -0.374 e. The van der Waals surface area contributed by atoms with E-state index < -0.39 is 0 Å². The summed E-state index contributed by atoms with van der Waals surface area (Å²) in [5.74, 6) is 0.358. The van der Waals surface area contributed by atoms with Gasteiger partial charge in [-0.3, -0.25) is 4.79 Å². The topological polar surface area (TPSA) is 90.7 Å². The SMILES string of the molecule is Cc1ccc(NC(=O)CCNc2snc(Cl)c2C#N)nc1. The van der Waals surface area contributed by atoms with Gasteiger partial charge in [0.25, 0.3) is 0 Å². The zero-order chi connectivity index (χ0) is 15.2. The van der Waals surface area contributed by atoms with Crippen molar-refractivity contribution in [1.29, 1.82) is 5.26 Å². The highest BCUT2D eigenvalue weighted by atomic mass is 35.5. The molecule has 0 aliphatic rings. The number of rotatable bonds is 5. The molecule has 0 fully saturated rings. The van der Waals surface area contributed by atoms with Crippen LogP contribution in [0.4, 0.5) is 10.8 Å². The summed E-state index contributed by atoms with van der Waals surface area (Å²) in [5, 5.41) is 15.3. The predicted molar refractivity (Wildman–Crippen MR) is 82.5 cm³/mol. The molecule has 8 heteroatoms. The van der Waals surface area contributed by atoms with Crippen molar-refractivity contribution in [3.63, 3.8) is 0 Å². The van der Waals surface area contributed by atoms with Crippen LogP contribution in [0.15, 0.2) is 18.3 Å². The van der Waals surface area contributed by atoms with Crippen LogP contribution >= 0.6 is 23.1 Å². The first kappa shape index (κ1) is 15.2. The zero-order valence-electron chi connectivity index (χ0n) is 11.2. The van der Waals surface area contributed by atoms with E-state index in [2.05, 4.69) is 20.0 Å². The molecule has 0 unspecified atom stereocenters. The molecule has 0 saturated heterocycles. The lowest BCUT2D eigenvalue weighted by atomic mass is 10.3. The van der Waals surface area contributed by atoms with Gasteiger partial charge >= 0.3 is 0 Å². The highest BCUT2D eigenvalue weighted by molar-refractivity contribution is 7.10. The third-order valence-corrected chi connectivity index (χ3v) is 3.76. The van der Waals surface area contributed by atoms with Crippen molar-refractivity contribution < 1.29 is 4.79 Å². The van der Waals surface area contributed by atoms with Crippen LogP contribution in [0.1, 0.15) is 17.5 Å². The molecule has 0 atom stereocenters. The van der Waals surface area contributed by atoms with Crippen LogP contribution in [0.2, 0.25) is 5.15 Å². The van der Waals surface area contributed by atoms with Crippen LogP contribution in [0.5, 0.6) is 0 Å². The van der Waals surface area contributed by atoms with Gasteiger partial charge in [-0.15, -0.1) is 0 Å². The molecule has 1 amide bonds. The maximum atomic E-state index is 11.8. The average molecular weight is 322 g/mol. The first-order valence-electron chi connectivity index (χ1n) is 6.12. The summed E-state index contributed by atoms with van der Waals surface area (Å²) in [6, 6.07) is 5.59. The number of hydrogen-bond donors (Lipinski definition) is 2. The third-order valence-electron chi connectivity index (χ3n) is 2.58. The van der Waals surface area contributed by atoms with Crippen LogP contribution in [0.25, 0.3) is 0 Å². The molecule has 0 aliphatic heterocycles. The molecule has 0 radical (unpaired) electrons. The molecule has 2 rings (SSSR count). The van der Waals surface area contributed by atoms with Crippen molar-refractivity contribution in [1.82, 2.24) is 9.36 Å². The first-order valence-corrected chi connectivity index (χ1v) is 7.27. The lowest BCUT2D eigenvalue weighted by molar-refractivity contribution is -0.116. The molecule has 21 heavy (non-hydrogen) atoms. The number of halogens is 1. The number of nitriles is 1. The van der Waals surface area contributed by atoms with Crippen molar-refractivity contribution in [3.8, 4) is 6.07 Å². The predicted octanol–water partition coefficient (Wildman–Crippen LogP) is 2.81. The van der Waals surface area contributed by atoms with E-state index in [4.69, 9.17) is 16.9 Å². The molecule has 0 bridgehead atoms. The van der Waals surface area contributed by atoms with E-state index in [0.717, 1.165) is 17.1 Å². The fraction of sp³-hybridized carbons (Fsp3) is 0.231. The summed E-state index contributed by atoms with van der Waals surface area (Å²) in [7, 11) is 0. The summed E-state index contributed by atoms with van der Waals surface area (Å²) >= 11 is 6.85. The third kappa shape index (κ3) is 4.15. The molecule has 108 valence electrons. The highest BCUT2D eigenvalue weighted by Gasteiger charge is 2.11. The smallest absolute Gasteiger partial charge is 0.227 e. The lowest BCUT2D eigenvalue weighted by Crippen LogP contribution is -2.16. The first-order chi connectivity index (χ1) is 10.1. The number of carbonyl (C=O) groups excluding carboxylic acids is 1. The van der Waals surface area contributed by atoms with Crippen LogP contribution in [-0.4, -0.2) is 21.8 Å². The highest BCUT2D eigenvalue weighted by Crippen LogP contribution is 2.27. The second-order valence-electron chi connectivity index (χ2n) is 4.24. The molecule has 0 aromatic carbocycles. The Labute approximate surface area is 130 Å². The normalized spacial score (nSPS) is 9.95. The Kier molecular flexibility index (Phi) is 5.09. The van der Waals surface area contributed by atoms with E-state index in [0.29, 0.717) is 22.9 Å². The number of nitrogens with one attached hydrogen (secondary N) is 2. The molecule has 2 aromatic heterocycles. The molecule has 2 heterocycles. The maximum Gasteiger partial charge on any atom is 0.227 e. The van der Waals surface area contributed by atoms with Crippen molar-refractivity contribution >= 4 is 39.9 Å². The molecule has 0 spiro atoms. The Balaban J connectivity index is 1.82. The lowest BCUT2D eigenvalue weighted by Gasteiger charge is -2.05. The number of nitrogens with zero attached hydrogens (tertiary/aromatic N) is 3. The second-order valence-corrected chi connectivity index (χ2v) is 5.37. The minimum atomic E-state index is -0.159. The summed E-state index contributed by atoms with van der Waals surface area (Å²) in [5.41, 5.74) is 1.34. The van der Waals surface area contributed by atoms with Gasteiger partial charge in [0.2, 0.25) is 5.91 Å². The standard InChI is InChI=1S/C13H12ClN5OS/c1-8-2-3-10(17-7-8)18-11(20)4-5-16-13-9(6-15)12(14)19-21-13/h2-3,7,16H,4-5H2,1H3,(H,17,18,20). The Hall–Kier alpha value is -2.17. The largest absolute Gasteiger partial charge is 0.374 e. The fourth-order valence-corrected chi connectivity index (χ4v) is 2.48. The van der Waals surface area contributed by atoms with Gasteiger partial charge in [-0.25, -0.2) is 4.98 Å². The van der Waals surface area contributed by atoms with Crippen molar-refractivity contribution in [2.75, 3.05) is 17.2 Å². The number of aryl methyl sites for hydroxylation is 1. The molecule has 0 aliphatic carbocycles. The van der Waals surface area contributed by atoms with Gasteiger partial charge in [0.05, 0.1) is 0 Å². The van der Waals surface area contributed by atoms with Crippen molar-refractivity contribution in [2.45, 2.75) is 13.3 Å². The van der Waals surface area contributed by atoms with E-state index >= 15 is 0 Å². The molecular formula is C13H12ClN5OS. The van der Waals surface area contributed by atoms with Crippen LogP contribution in [0, 0.1) is 18.3 Å². The molecule has 0 saturated carbocycles. The number of aromatic nitrogens is 2. The minimum absolute atomic E-state index is 0.159. The van der Waals surface area contributed by atoms with E-state index in [1.807, 2.05) is 19.1 Å². The number of hydrogen-bond acceptors (Lipinski definition) is 6. The van der Waals surface area contributed by atoms with Crippen LogP contribution < -0.4 is 10.6 Å². The number of amides is 1. The quantitative estimate of drug-likeness (QED) is 0.883. The molecular weight excluding hydrogens is 310 g/mol. The number of anilines is 2. The maximum absolute atomic E-state index is 11.8. The summed E-state index contributed by atoms with van der Waals surface area (Å²) in [4.78, 5) is 15.8. The second kappa shape index (κ2) is 7.02. The van der Waals surface area contributed by atoms with E-state index in [-0.39, 0.29) is 17.5 Å². The Morgan fingerprint density at radius 1 is 1.52 bits per heavy atom. The number of carbonyl (C=O) groups is 1. The fourth-order valence-electron chi connectivity index (χ4n) is 1.52. The Morgan fingerprint density at radius 2 is 2.33 bits per heavy atom. The van der Waals surface area contributed by atoms with Gasteiger partial charge in [0.1, 0.15) is 22.5 Å². The molecule has 2 N–H and O–H groups in total. The van der Waals surface area contributed by atoms with E-state index in [1.54, 1.807) is 12.3 Å². The van der Waals surface area contributed by atoms with Gasteiger partial charge in [-0.2, -0.15) is 9.64 Å². The average Bonchev–Trinajstić information content (AvgIpc) is 2.82.